The quantitative estimate of drug-likeness (QED) is 0.703. The Morgan fingerprint density at radius 2 is 1.80 bits per heavy atom. The predicted molar refractivity (Wildman–Crippen MR) is 61.0 cm³/mol. The third-order valence-corrected chi connectivity index (χ3v) is 2.26. The van der Waals surface area contributed by atoms with Crippen molar-refractivity contribution in [3.8, 4) is 11.1 Å². The van der Waals surface area contributed by atoms with Crippen molar-refractivity contribution in [3.05, 3.63) is 53.8 Å². The van der Waals surface area contributed by atoms with Crippen LogP contribution in [0.15, 0.2) is 42.5 Å². The molecule has 1 nitrogen and oxygen atoms in total. The summed E-state index contributed by atoms with van der Waals surface area (Å²) in [4.78, 5) is 0. The van der Waals surface area contributed by atoms with Crippen molar-refractivity contribution in [2.24, 2.45) is 0 Å². The molecule has 0 aromatic heterocycles. The molecule has 0 aliphatic heterocycles. The molecule has 0 atom stereocenters. The van der Waals surface area contributed by atoms with E-state index in [9.17, 15) is 4.39 Å². The minimum absolute atomic E-state index is 0.229. The summed E-state index contributed by atoms with van der Waals surface area (Å²) in [6, 6.07) is 12.2. The predicted octanol–water partition coefficient (Wildman–Crippen LogP) is 3.38. The zero-order chi connectivity index (χ0) is 10.8. The number of benzene rings is 2. The van der Waals surface area contributed by atoms with Gasteiger partial charge >= 0.3 is 0 Å². The number of rotatable bonds is 1. The molecule has 0 heterocycles. The van der Waals surface area contributed by atoms with Crippen LogP contribution in [0.4, 0.5) is 10.1 Å². The average Bonchev–Trinajstić information content (AvgIpc) is 2.16. The van der Waals surface area contributed by atoms with E-state index in [2.05, 4.69) is 0 Å². The second-order valence-electron chi connectivity index (χ2n) is 3.64. The van der Waals surface area contributed by atoms with E-state index >= 15 is 0 Å². The van der Waals surface area contributed by atoms with Gasteiger partial charge in [0.25, 0.3) is 0 Å². The molecule has 2 aromatic rings. The van der Waals surface area contributed by atoms with Crippen LogP contribution in [-0.4, -0.2) is 0 Å². The lowest BCUT2D eigenvalue weighted by Crippen LogP contribution is -1.88. The normalized spacial score (nSPS) is 10.3. The monoisotopic (exact) mass is 201 g/mol. The van der Waals surface area contributed by atoms with Crippen molar-refractivity contribution in [2.75, 3.05) is 5.73 Å². The van der Waals surface area contributed by atoms with E-state index in [1.54, 1.807) is 6.07 Å². The van der Waals surface area contributed by atoms with Crippen LogP contribution in [0.5, 0.6) is 0 Å². The fraction of sp³-hybridized carbons (Fsp3) is 0.0769. The van der Waals surface area contributed by atoms with Crippen molar-refractivity contribution in [2.45, 2.75) is 6.92 Å². The van der Waals surface area contributed by atoms with Crippen LogP contribution < -0.4 is 5.73 Å². The Bertz CT molecular complexity index is 471. The Morgan fingerprint density at radius 3 is 2.47 bits per heavy atom. The highest BCUT2D eigenvalue weighted by molar-refractivity contribution is 5.68. The summed E-state index contributed by atoms with van der Waals surface area (Å²) in [6.45, 7) is 1.97. The second-order valence-corrected chi connectivity index (χ2v) is 3.64. The van der Waals surface area contributed by atoms with Gasteiger partial charge in [-0.1, -0.05) is 18.2 Å². The number of aryl methyl sites for hydroxylation is 1. The van der Waals surface area contributed by atoms with Crippen LogP contribution in [0.25, 0.3) is 11.1 Å². The molecular formula is C13H12FN. The number of hydrogen-bond donors (Lipinski definition) is 1. The van der Waals surface area contributed by atoms with E-state index in [4.69, 9.17) is 5.73 Å². The zero-order valence-corrected chi connectivity index (χ0v) is 8.50. The molecule has 0 saturated carbocycles. The summed E-state index contributed by atoms with van der Waals surface area (Å²) in [7, 11) is 0. The fourth-order valence-electron chi connectivity index (χ4n) is 1.65. The summed E-state index contributed by atoms with van der Waals surface area (Å²) in [5.41, 5.74) is 9.33. The van der Waals surface area contributed by atoms with Crippen LogP contribution >= 0.6 is 0 Å². The zero-order valence-electron chi connectivity index (χ0n) is 8.50. The van der Waals surface area contributed by atoms with Gasteiger partial charge < -0.3 is 5.73 Å². The van der Waals surface area contributed by atoms with Gasteiger partial charge in [0, 0.05) is 5.69 Å². The molecule has 0 fully saturated rings. The van der Waals surface area contributed by atoms with E-state index < -0.39 is 0 Å². The Morgan fingerprint density at radius 1 is 1.00 bits per heavy atom. The van der Waals surface area contributed by atoms with Crippen LogP contribution in [0.2, 0.25) is 0 Å². The minimum atomic E-state index is -0.229. The molecule has 0 saturated heterocycles. The van der Waals surface area contributed by atoms with Gasteiger partial charge in [-0.05, 0) is 47.9 Å². The molecule has 0 unspecified atom stereocenters. The number of halogens is 1. The first-order valence-electron chi connectivity index (χ1n) is 4.78. The molecule has 2 heteroatoms. The maximum Gasteiger partial charge on any atom is 0.123 e. The Hall–Kier alpha value is -1.83. The van der Waals surface area contributed by atoms with Crippen molar-refractivity contribution in [1.82, 2.24) is 0 Å². The summed E-state index contributed by atoms with van der Waals surface area (Å²) >= 11 is 0. The Balaban J connectivity index is 2.54. The smallest absolute Gasteiger partial charge is 0.123 e. The summed E-state index contributed by atoms with van der Waals surface area (Å²) in [5, 5.41) is 0. The number of anilines is 1. The van der Waals surface area contributed by atoms with Gasteiger partial charge in [0.2, 0.25) is 0 Å². The van der Waals surface area contributed by atoms with Gasteiger partial charge in [0.1, 0.15) is 5.82 Å². The van der Waals surface area contributed by atoms with Crippen LogP contribution in [-0.2, 0) is 0 Å². The first-order valence-corrected chi connectivity index (χ1v) is 4.78. The fourth-order valence-corrected chi connectivity index (χ4v) is 1.65. The molecule has 0 aliphatic carbocycles. The molecule has 2 aromatic carbocycles. The van der Waals surface area contributed by atoms with Gasteiger partial charge in [-0.3, -0.25) is 0 Å². The standard InChI is InChI=1S/C13H12FN/c1-9-5-11(8-13(15)6-9)10-3-2-4-12(14)7-10/h2-8H,15H2,1H3. The lowest BCUT2D eigenvalue weighted by atomic mass is 10.0. The molecule has 0 bridgehead atoms. The van der Waals surface area contributed by atoms with Gasteiger partial charge in [-0.15, -0.1) is 0 Å². The summed E-state index contributed by atoms with van der Waals surface area (Å²) in [5.74, 6) is -0.229. The molecule has 15 heavy (non-hydrogen) atoms. The molecule has 0 amide bonds. The number of hydrogen-bond acceptors (Lipinski definition) is 1. The summed E-state index contributed by atoms with van der Waals surface area (Å²) < 4.78 is 13.0. The maximum atomic E-state index is 13.0. The lowest BCUT2D eigenvalue weighted by molar-refractivity contribution is 0.628. The molecule has 2 rings (SSSR count). The Labute approximate surface area is 88.4 Å². The second kappa shape index (κ2) is 3.73. The van der Waals surface area contributed by atoms with Gasteiger partial charge in [0.05, 0.1) is 0 Å². The van der Waals surface area contributed by atoms with Crippen LogP contribution in [0, 0.1) is 12.7 Å². The van der Waals surface area contributed by atoms with Crippen LogP contribution in [0.1, 0.15) is 5.56 Å². The molecular weight excluding hydrogens is 189 g/mol. The third kappa shape index (κ3) is 2.15. The third-order valence-electron chi connectivity index (χ3n) is 2.26. The summed E-state index contributed by atoms with van der Waals surface area (Å²) in [6.07, 6.45) is 0. The van der Waals surface area contributed by atoms with Crippen molar-refractivity contribution in [3.63, 3.8) is 0 Å². The molecule has 0 spiro atoms. The van der Waals surface area contributed by atoms with Gasteiger partial charge in [-0.2, -0.15) is 0 Å². The highest BCUT2D eigenvalue weighted by atomic mass is 19.1. The molecule has 0 radical (unpaired) electrons. The average molecular weight is 201 g/mol. The first-order chi connectivity index (χ1) is 7.15. The van der Waals surface area contributed by atoms with Crippen molar-refractivity contribution < 1.29 is 4.39 Å². The van der Waals surface area contributed by atoms with E-state index in [0.717, 1.165) is 16.7 Å². The molecule has 76 valence electrons. The molecule has 0 aliphatic rings. The maximum absolute atomic E-state index is 13.0. The van der Waals surface area contributed by atoms with Gasteiger partial charge in [0.15, 0.2) is 0 Å². The largest absolute Gasteiger partial charge is 0.399 e. The van der Waals surface area contributed by atoms with Gasteiger partial charge in [-0.25, -0.2) is 4.39 Å². The minimum Gasteiger partial charge on any atom is -0.399 e. The highest BCUT2D eigenvalue weighted by Crippen LogP contribution is 2.23. The van der Waals surface area contributed by atoms with E-state index in [-0.39, 0.29) is 5.82 Å². The first kappa shape index (κ1) is 9.71. The SMILES string of the molecule is Cc1cc(N)cc(-c2cccc(F)c2)c1. The van der Waals surface area contributed by atoms with E-state index in [0.29, 0.717) is 5.69 Å². The molecule has 2 N–H and O–H groups in total. The van der Waals surface area contributed by atoms with E-state index in [1.165, 1.54) is 12.1 Å². The topological polar surface area (TPSA) is 26.0 Å². The number of nitrogens with two attached hydrogens (primary N) is 1. The Kier molecular flexibility index (Phi) is 2.42. The van der Waals surface area contributed by atoms with E-state index in [1.807, 2.05) is 31.2 Å². The highest BCUT2D eigenvalue weighted by Gasteiger charge is 2.00. The van der Waals surface area contributed by atoms with Crippen molar-refractivity contribution >= 4 is 5.69 Å². The van der Waals surface area contributed by atoms with Crippen LogP contribution in [0.3, 0.4) is 0 Å². The number of nitrogen functional groups attached to an aromatic ring is 1. The lowest BCUT2D eigenvalue weighted by Gasteiger charge is -2.05. The van der Waals surface area contributed by atoms with Crippen molar-refractivity contribution in [1.29, 1.82) is 0 Å².